The minimum Gasteiger partial charge on any atom is -0.493 e. The number of likely N-dealkylation sites (tertiary alicyclic amines) is 1. The first kappa shape index (κ1) is 32.3. The third-order valence-corrected chi connectivity index (χ3v) is 9.41. The van der Waals surface area contributed by atoms with Crippen LogP contribution in [0, 0.1) is 10.1 Å². The number of non-ortho nitro benzene ring substituents is 1. The van der Waals surface area contributed by atoms with E-state index in [0.717, 1.165) is 23.8 Å². The number of halogens is 2. The molecule has 0 radical (unpaired) electrons. The molecule has 230 valence electrons. The van der Waals surface area contributed by atoms with Gasteiger partial charge < -0.3 is 19.1 Å². The van der Waals surface area contributed by atoms with Gasteiger partial charge in [0.15, 0.2) is 11.5 Å². The zero-order valence-corrected chi connectivity index (χ0v) is 26.0. The van der Waals surface area contributed by atoms with Crippen LogP contribution in [0.25, 0.3) is 0 Å². The zero-order valence-electron chi connectivity index (χ0n) is 23.6. The Balaban J connectivity index is 1.76. The normalized spacial score (nSPS) is 16.9. The van der Waals surface area contributed by atoms with Crippen molar-refractivity contribution in [3.05, 3.63) is 85.4 Å². The topological polar surface area (TPSA) is 146 Å². The molecular formula is C29H30Cl2N2O9S. The van der Waals surface area contributed by atoms with Crippen LogP contribution in [-0.2, 0) is 22.0 Å². The molecule has 1 amide bonds. The van der Waals surface area contributed by atoms with Crippen molar-refractivity contribution in [3.8, 4) is 17.2 Å². The first-order valence-electron chi connectivity index (χ1n) is 13.1. The summed E-state index contributed by atoms with van der Waals surface area (Å²) >= 11 is 12.6. The number of nitrogens with zero attached hydrogens (tertiary/aromatic N) is 2. The van der Waals surface area contributed by atoms with E-state index in [1.54, 1.807) is 35.2 Å². The monoisotopic (exact) mass is 652 g/mol. The lowest BCUT2D eigenvalue weighted by Gasteiger charge is -2.44. The lowest BCUT2D eigenvalue weighted by molar-refractivity contribution is -0.385. The zero-order chi connectivity index (χ0) is 31.5. The summed E-state index contributed by atoms with van der Waals surface area (Å²) in [6.45, 7) is 0.655. The maximum absolute atomic E-state index is 13.9. The molecule has 0 spiro atoms. The Kier molecular flexibility index (Phi) is 9.75. The van der Waals surface area contributed by atoms with Gasteiger partial charge in [-0.25, -0.2) is 0 Å². The van der Waals surface area contributed by atoms with E-state index in [-0.39, 0.29) is 36.5 Å². The van der Waals surface area contributed by atoms with Crippen molar-refractivity contribution in [2.75, 3.05) is 34.4 Å². The van der Waals surface area contributed by atoms with Crippen molar-refractivity contribution >= 4 is 44.9 Å². The van der Waals surface area contributed by atoms with E-state index in [0.29, 0.717) is 52.2 Å². The molecule has 43 heavy (non-hydrogen) atoms. The summed E-state index contributed by atoms with van der Waals surface area (Å²) in [5.41, 5.74) is 0.108. The van der Waals surface area contributed by atoms with E-state index in [9.17, 15) is 27.9 Å². The van der Waals surface area contributed by atoms with Gasteiger partial charge >= 0.3 is 0 Å². The Hall–Kier alpha value is -3.58. The van der Waals surface area contributed by atoms with Crippen molar-refractivity contribution in [2.24, 2.45) is 0 Å². The molecule has 1 unspecified atom stereocenters. The molecule has 0 bridgehead atoms. The fraction of sp³-hybridized carbons (Fsp3) is 0.345. The third kappa shape index (κ3) is 6.82. The van der Waals surface area contributed by atoms with Crippen molar-refractivity contribution in [3.63, 3.8) is 0 Å². The molecule has 0 saturated carbocycles. The average molecular weight is 654 g/mol. The average Bonchev–Trinajstić information content (AvgIpc) is 2.99. The summed E-state index contributed by atoms with van der Waals surface area (Å²) in [5.74, 6) is 0.692. The second-order valence-electron chi connectivity index (χ2n) is 10.2. The summed E-state index contributed by atoms with van der Waals surface area (Å²) in [6.07, 6.45) is 1.51. The van der Waals surface area contributed by atoms with E-state index < -0.39 is 25.4 Å². The first-order valence-corrected chi connectivity index (χ1v) is 15.3. The third-order valence-electron chi connectivity index (χ3n) is 7.71. The van der Waals surface area contributed by atoms with Gasteiger partial charge in [0.25, 0.3) is 21.7 Å². The highest BCUT2D eigenvalue weighted by Crippen LogP contribution is 2.43. The van der Waals surface area contributed by atoms with Crippen LogP contribution in [0.15, 0.2) is 53.4 Å². The first-order chi connectivity index (χ1) is 20.3. The van der Waals surface area contributed by atoms with Crippen molar-refractivity contribution in [2.45, 2.75) is 36.0 Å². The number of piperidine rings is 1. The molecule has 1 heterocycles. The Labute approximate surface area is 259 Å². The Morgan fingerprint density at radius 3 is 2.26 bits per heavy atom. The molecule has 0 aliphatic carbocycles. The second kappa shape index (κ2) is 13.0. The fourth-order valence-corrected chi connectivity index (χ4v) is 6.63. The maximum Gasteiger partial charge on any atom is 0.294 e. The fourth-order valence-electron chi connectivity index (χ4n) is 5.60. The summed E-state index contributed by atoms with van der Waals surface area (Å²) in [4.78, 5) is 26.0. The highest BCUT2D eigenvalue weighted by Gasteiger charge is 2.40. The number of nitro benzene ring substituents is 1. The van der Waals surface area contributed by atoms with Crippen LogP contribution >= 0.6 is 23.2 Å². The lowest BCUT2D eigenvalue weighted by atomic mass is 9.70. The molecule has 3 aromatic rings. The van der Waals surface area contributed by atoms with Crippen LogP contribution in [0.5, 0.6) is 17.2 Å². The van der Waals surface area contributed by atoms with Crippen LogP contribution in [0.2, 0.25) is 10.0 Å². The van der Waals surface area contributed by atoms with Gasteiger partial charge in [-0.2, -0.15) is 8.42 Å². The van der Waals surface area contributed by atoms with Crippen LogP contribution in [-0.4, -0.2) is 63.1 Å². The number of ether oxygens (including phenoxy) is 3. The number of nitro groups is 1. The molecular weight excluding hydrogens is 623 g/mol. The van der Waals surface area contributed by atoms with Crippen LogP contribution in [0.4, 0.5) is 5.69 Å². The molecule has 1 aliphatic heterocycles. The Bertz CT molecular complexity index is 1640. The Morgan fingerprint density at radius 2 is 1.70 bits per heavy atom. The van der Waals surface area contributed by atoms with Crippen molar-refractivity contribution in [1.29, 1.82) is 0 Å². The number of benzene rings is 3. The van der Waals surface area contributed by atoms with Gasteiger partial charge in [0.2, 0.25) is 5.75 Å². The van der Waals surface area contributed by atoms with Crippen molar-refractivity contribution in [1.82, 2.24) is 4.90 Å². The van der Waals surface area contributed by atoms with Gasteiger partial charge in [-0.05, 0) is 67.1 Å². The number of carbonyl (C=O) groups is 1. The van der Waals surface area contributed by atoms with E-state index in [4.69, 9.17) is 37.4 Å². The minimum atomic E-state index is -4.66. The molecule has 1 atom stereocenters. The molecule has 3 aromatic carbocycles. The highest BCUT2D eigenvalue weighted by molar-refractivity contribution is 7.85. The van der Waals surface area contributed by atoms with E-state index in [2.05, 4.69) is 0 Å². The van der Waals surface area contributed by atoms with Crippen molar-refractivity contribution < 1.29 is 36.9 Å². The number of aryl methyl sites for hydroxylation is 1. The maximum atomic E-state index is 13.9. The summed E-state index contributed by atoms with van der Waals surface area (Å²) in [6, 6.07) is 11.5. The van der Waals surface area contributed by atoms with E-state index in [1.807, 2.05) is 0 Å². The number of hydrogen-bond donors (Lipinski definition) is 1. The predicted molar refractivity (Wildman–Crippen MR) is 161 cm³/mol. The highest BCUT2D eigenvalue weighted by atomic mass is 35.5. The number of carbonyl (C=O) groups excluding carboxylic acids is 1. The molecule has 11 nitrogen and oxygen atoms in total. The largest absolute Gasteiger partial charge is 0.493 e. The molecule has 1 saturated heterocycles. The van der Waals surface area contributed by atoms with E-state index >= 15 is 0 Å². The van der Waals surface area contributed by atoms with Crippen LogP contribution in [0.1, 0.15) is 40.7 Å². The predicted octanol–water partition coefficient (Wildman–Crippen LogP) is 5.98. The number of rotatable bonds is 10. The van der Waals surface area contributed by atoms with Gasteiger partial charge in [0.1, 0.15) is 0 Å². The molecule has 1 fully saturated rings. The summed E-state index contributed by atoms with van der Waals surface area (Å²) in [7, 11) is -0.290. The molecule has 0 aromatic heterocycles. The SMILES string of the molecule is COc1cc(C(=O)N2CCCC(CCc3cc([N+](=O)[O-])ccc3S(=O)(=O)O)(c3ccc(Cl)c(Cl)c3)C2)cc(OC)c1OC. The smallest absolute Gasteiger partial charge is 0.294 e. The standard InChI is InChI=1S/C29H30Cl2N2O9S/c1-40-24-14-19(15-25(41-2)27(24)42-3)28(34)32-12-4-10-29(17-32,20-5-7-22(30)23(31)16-20)11-9-18-13-21(33(35)36)6-8-26(18)43(37,38)39/h5-8,13-16H,4,9-12,17H2,1-3H3,(H,37,38,39). The summed E-state index contributed by atoms with van der Waals surface area (Å²) in [5, 5.41) is 12.1. The number of amides is 1. The number of hydrogen-bond acceptors (Lipinski definition) is 8. The second-order valence-corrected chi connectivity index (χ2v) is 12.4. The van der Waals surface area contributed by atoms with Gasteiger partial charge in [-0.3, -0.25) is 19.5 Å². The molecule has 4 rings (SSSR count). The minimum absolute atomic E-state index is 0.0449. The quantitative estimate of drug-likeness (QED) is 0.159. The number of methoxy groups -OCH3 is 3. The van der Waals surface area contributed by atoms with Gasteiger partial charge in [-0.15, -0.1) is 0 Å². The van der Waals surface area contributed by atoms with Crippen LogP contribution < -0.4 is 14.2 Å². The van der Waals surface area contributed by atoms with E-state index in [1.165, 1.54) is 21.3 Å². The van der Waals surface area contributed by atoms with Gasteiger partial charge in [-0.1, -0.05) is 29.3 Å². The van der Waals surface area contributed by atoms with Crippen LogP contribution in [0.3, 0.4) is 0 Å². The lowest BCUT2D eigenvalue weighted by Crippen LogP contribution is -2.49. The van der Waals surface area contributed by atoms with Gasteiger partial charge in [0, 0.05) is 36.2 Å². The molecule has 14 heteroatoms. The molecule has 1 N–H and O–H groups in total. The summed E-state index contributed by atoms with van der Waals surface area (Å²) < 4.78 is 50.3. The Morgan fingerprint density at radius 1 is 1.02 bits per heavy atom. The van der Waals surface area contributed by atoms with Gasteiger partial charge in [0.05, 0.1) is 41.2 Å². The molecule has 1 aliphatic rings.